The summed E-state index contributed by atoms with van der Waals surface area (Å²) in [6.45, 7) is -3.17. The highest BCUT2D eigenvalue weighted by Gasteiger charge is 2.17. The van der Waals surface area contributed by atoms with E-state index < -0.39 is 19.2 Å². The Kier molecular flexibility index (Phi) is 7.14. The predicted molar refractivity (Wildman–Crippen MR) is 95.0 cm³/mol. The Balaban J connectivity index is 2.04. The number of methoxy groups -OCH3 is 1. The third-order valence-electron chi connectivity index (χ3n) is 3.68. The van der Waals surface area contributed by atoms with E-state index in [1.807, 2.05) is 0 Å². The summed E-state index contributed by atoms with van der Waals surface area (Å²) < 4.78 is 39.2. The van der Waals surface area contributed by atoms with Crippen molar-refractivity contribution in [3.8, 4) is 17.2 Å². The number of hydrogen-bond acceptors (Lipinski definition) is 5. The van der Waals surface area contributed by atoms with Crippen molar-refractivity contribution in [2.24, 2.45) is 0 Å². The molecule has 0 saturated heterocycles. The van der Waals surface area contributed by atoms with Gasteiger partial charge in [0.15, 0.2) is 18.1 Å². The van der Waals surface area contributed by atoms with Crippen LogP contribution in [0, 0.1) is 0 Å². The summed E-state index contributed by atoms with van der Waals surface area (Å²) >= 11 is 0. The van der Waals surface area contributed by atoms with Gasteiger partial charge in [0.2, 0.25) is 0 Å². The molecule has 2 aromatic rings. The molecule has 0 aromatic heterocycles. The fourth-order valence-electron chi connectivity index (χ4n) is 2.40. The van der Waals surface area contributed by atoms with Gasteiger partial charge in [-0.2, -0.15) is 8.78 Å². The summed E-state index contributed by atoms with van der Waals surface area (Å²) in [5, 5.41) is 8.59. The second-order valence-electron chi connectivity index (χ2n) is 5.73. The maximum atomic E-state index is 12.6. The number of carbonyl (C=O) groups is 2. The lowest BCUT2D eigenvalue weighted by Gasteiger charge is -2.18. The van der Waals surface area contributed by atoms with Gasteiger partial charge in [0, 0.05) is 19.2 Å². The second kappa shape index (κ2) is 9.54. The van der Waals surface area contributed by atoms with Crippen molar-refractivity contribution < 1.29 is 37.7 Å². The number of benzene rings is 2. The molecule has 7 nitrogen and oxygen atoms in total. The highest BCUT2D eigenvalue weighted by Crippen LogP contribution is 2.30. The lowest BCUT2D eigenvalue weighted by Crippen LogP contribution is -2.26. The van der Waals surface area contributed by atoms with E-state index in [4.69, 9.17) is 14.6 Å². The number of hydrogen-bond donors (Lipinski definition) is 1. The Hall–Kier alpha value is -3.36. The van der Waals surface area contributed by atoms with Crippen molar-refractivity contribution in [3.05, 3.63) is 53.6 Å². The monoisotopic (exact) mass is 395 g/mol. The molecular formula is C19H19F2NO6. The first-order chi connectivity index (χ1) is 13.3. The second-order valence-corrected chi connectivity index (χ2v) is 5.73. The molecule has 0 saturated carbocycles. The summed E-state index contributed by atoms with van der Waals surface area (Å²) in [6.07, 6.45) is 0. The molecule has 0 heterocycles. The van der Waals surface area contributed by atoms with Crippen LogP contribution < -0.4 is 14.2 Å². The van der Waals surface area contributed by atoms with E-state index in [9.17, 15) is 18.4 Å². The lowest BCUT2D eigenvalue weighted by molar-refractivity contribution is -0.139. The van der Waals surface area contributed by atoms with Crippen LogP contribution in [-0.2, 0) is 11.3 Å². The molecule has 150 valence electrons. The van der Waals surface area contributed by atoms with Gasteiger partial charge in [-0.15, -0.1) is 0 Å². The molecule has 28 heavy (non-hydrogen) atoms. The number of carboxylic acid groups (broad SMARTS) is 1. The normalized spacial score (nSPS) is 10.5. The predicted octanol–water partition coefficient (Wildman–Crippen LogP) is 3.03. The van der Waals surface area contributed by atoms with Gasteiger partial charge in [-0.3, -0.25) is 4.79 Å². The van der Waals surface area contributed by atoms with Crippen LogP contribution in [0.15, 0.2) is 42.5 Å². The van der Waals surface area contributed by atoms with Crippen LogP contribution in [0.2, 0.25) is 0 Å². The van der Waals surface area contributed by atoms with E-state index in [0.29, 0.717) is 5.75 Å². The zero-order valence-corrected chi connectivity index (χ0v) is 15.2. The SMILES string of the molecule is COc1cc(C(=O)N(C)Cc2ccc(OCC(=O)O)cc2)ccc1OC(F)F. The highest BCUT2D eigenvalue weighted by atomic mass is 19.3. The molecule has 1 amide bonds. The lowest BCUT2D eigenvalue weighted by atomic mass is 10.1. The quantitative estimate of drug-likeness (QED) is 0.703. The Bertz CT molecular complexity index is 826. The van der Waals surface area contributed by atoms with Crippen LogP contribution in [-0.4, -0.2) is 49.3 Å². The van der Waals surface area contributed by atoms with E-state index in [1.54, 1.807) is 31.3 Å². The molecule has 0 atom stereocenters. The molecule has 0 spiro atoms. The third-order valence-corrected chi connectivity index (χ3v) is 3.68. The van der Waals surface area contributed by atoms with Crippen LogP contribution in [0.25, 0.3) is 0 Å². The zero-order chi connectivity index (χ0) is 20.7. The number of carboxylic acids is 1. The average molecular weight is 395 g/mol. The fraction of sp³-hybridized carbons (Fsp3) is 0.263. The minimum Gasteiger partial charge on any atom is -0.493 e. The largest absolute Gasteiger partial charge is 0.493 e. The maximum Gasteiger partial charge on any atom is 0.387 e. The van der Waals surface area contributed by atoms with E-state index >= 15 is 0 Å². The number of amides is 1. The van der Waals surface area contributed by atoms with E-state index in [0.717, 1.165) is 5.56 Å². The summed E-state index contributed by atoms with van der Waals surface area (Å²) in [5.41, 5.74) is 1.05. The minimum absolute atomic E-state index is 0.0273. The highest BCUT2D eigenvalue weighted by molar-refractivity contribution is 5.94. The van der Waals surface area contributed by atoms with Gasteiger partial charge >= 0.3 is 12.6 Å². The number of carbonyl (C=O) groups excluding carboxylic acids is 1. The number of alkyl halides is 2. The van der Waals surface area contributed by atoms with Gasteiger partial charge in [0.05, 0.1) is 7.11 Å². The van der Waals surface area contributed by atoms with Crippen molar-refractivity contribution in [2.45, 2.75) is 13.2 Å². The molecule has 2 aromatic carbocycles. The van der Waals surface area contributed by atoms with E-state index in [-0.39, 0.29) is 29.5 Å². The smallest absolute Gasteiger partial charge is 0.387 e. The standard InChI is InChI=1S/C19H19F2NO6/c1-22(10-12-3-6-14(7-4-12)27-11-17(23)24)18(25)13-5-8-15(28-19(20)21)16(9-13)26-2/h3-9,19H,10-11H2,1-2H3,(H,23,24). The summed E-state index contributed by atoms with van der Waals surface area (Å²) in [6, 6.07) is 10.6. The van der Waals surface area contributed by atoms with Gasteiger partial charge < -0.3 is 24.2 Å². The number of rotatable bonds is 9. The first kappa shape index (κ1) is 20.9. The molecule has 0 unspecified atom stereocenters. The molecule has 2 rings (SSSR count). The molecule has 9 heteroatoms. The fourth-order valence-corrected chi connectivity index (χ4v) is 2.40. The number of aliphatic carboxylic acids is 1. The zero-order valence-electron chi connectivity index (χ0n) is 15.2. The average Bonchev–Trinajstić information content (AvgIpc) is 2.66. The van der Waals surface area contributed by atoms with Gasteiger partial charge in [0.1, 0.15) is 5.75 Å². The summed E-state index contributed by atoms with van der Waals surface area (Å²) in [5.74, 6) is -1.14. The number of ether oxygens (including phenoxy) is 3. The van der Waals surface area contributed by atoms with Gasteiger partial charge in [0.25, 0.3) is 5.91 Å². The molecule has 0 radical (unpaired) electrons. The molecule has 0 aliphatic heterocycles. The van der Waals surface area contributed by atoms with E-state index in [2.05, 4.69) is 4.74 Å². The summed E-state index contributed by atoms with van der Waals surface area (Å²) in [4.78, 5) is 24.5. The molecule has 0 aliphatic carbocycles. The van der Waals surface area contributed by atoms with Crippen LogP contribution in [0.5, 0.6) is 17.2 Å². The van der Waals surface area contributed by atoms with Crippen LogP contribution in [0.1, 0.15) is 15.9 Å². The number of halogens is 2. The number of nitrogens with zero attached hydrogens (tertiary/aromatic N) is 1. The first-order valence-corrected chi connectivity index (χ1v) is 8.12. The van der Waals surface area contributed by atoms with Crippen molar-refractivity contribution in [1.82, 2.24) is 4.90 Å². The van der Waals surface area contributed by atoms with Crippen LogP contribution in [0.4, 0.5) is 8.78 Å². The Morgan fingerprint density at radius 1 is 1.11 bits per heavy atom. The molecule has 0 bridgehead atoms. The minimum atomic E-state index is -3.00. The van der Waals surface area contributed by atoms with Crippen molar-refractivity contribution in [3.63, 3.8) is 0 Å². The van der Waals surface area contributed by atoms with Crippen LogP contribution >= 0.6 is 0 Å². The van der Waals surface area contributed by atoms with Gasteiger partial charge in [-0.1, -0.05) is 12.1 Å². The van der Waals surface area contributed by atoms with E-state index in [1.165, 1.54) is 30.2 Å². The molecule has 0 fully saturated rings. The Morgan fingerprint density at radius 2 is 1.79 bits per heavy atom. The summed E-state index contributed by atoms with van der Waals surface area (Å²) in [7, 11) is 2.88. The third kappa shape index (κ3) is 5.83. The van der Waals surface area contributed by atoms with Crippen molar-refractivity contribution in [2.75, 3.05) is 20.8 Å². The van der Waals surface area contributed by atoms with Crippen molar-refractivity contribution >= 4 is 11.9 Å². The first-order valence-electron chi connectivity index (χ1n) is 8.12. The Morgan fingerprint density at radius 3 is 2.36 bits per heavy atom. The van der Waals surface area contributed by atoms with Gasteiger partial charge in [-0.05, 0) is 35.9 Å². The van der Waals surface area contributed by atoms with Crippen LogP contribution in [0.3, 0.4) is 0 Å². The van der Waals surface area contributed by atoms with Gasteiger partial charge in [-0.25, -0.2) is 4.79 Å². The maximum absolute atomic E-state index is 12.6. The topological polar surface area (TPSA) is 85.3 Å². The molecule has 1 N–H and O–H groups in total. The molecular weight excluding hydrogens is 376 g/mol. The molecule has 0 aliphatic rings. The Labute approximate surface area is 160 Å². The van der Waals surface area contributed by atoms with Crippen molar-refractivity contribution in [1.29, 1.82) is 0 Å².